The van der Waals surface area contributed by atoms with Crippen molar-refractivity contribution in [3.8, 4) is 16.9 Å². The van der Waals surface area contributed by atoms with E-state index in [4.69, 9.17) is 4.74 Å². The van der Waals surface area contributed by atoms with E-state index in [0.717, 1.165) is 25.3 Å². The van der Waals surface area contributed by atoms with E-state index in [-0.39, 0.29) is 6.04 Å². The van der Waals surface area contributed by atoms with Gasteiger partial charge in [0.25, 0.3) is 0 Å². The summed E-state index contributed by atoms with van der Waals surface area (Å²) in [4.78, 5) is 5.20. The molecule has 6 rings (SSSR count). The summed E-state index contributed by atoms with van der Waals surface area (Å²) in [6, 6.07) is 48.5. The van der Waals surface area contributed by atoms with E-state index in [2.05, 4.69) is 150 Å². The highest BCUT2D eigenvalue weighted by atomic mass is 16.5. The summed E-state index contributed by atoms with van der Waals surface area (Å²) in [6.45, 7) is 4.22. The smallest absolute Gasteiger partial charge is 0.119 e. The lowest BCUT2D eigenvalue weighted by molar-refractivity contribution is 0.172. The third kappa shape index (κ3) is 5.52. The van der Waals surface area contributed by atoms with Crippen LogP contribution in [0.25, 0.3) is 11.1 Å². The van der Waals surface area contributed by atoms with Gasteiger partial charge in [-0.25, -0.2) is 0 Å². The molecule has 40 heavy (non-hydrogen) atoms. The van der Waals surface area contributed by atoms with Gasteiger partial charge in [0, 0.05) is 30.5 Å². The van der Waals surface area contributed by atoms with Crippen molar-refractivity contribution in [3.05, 3.63) is 150 Å². The molecule has 0 radical (unpaired) electrons. The number of hydrogen-bond acceptors (Lipinski definition) is 3. The number of rotatable bonds is 7. The zero-order valence-corrected chi connectivity index (χ0v) is 23.3. The van der Waals surface area contributed by atoms with Gasteiger partial charge in [0.1, 0.15) is 5.75 Å². The first-order valence-corrected chi connectivity index (χ1v) is 14.1. The number of hydrogen-bond donors (Lipinski definition) is 0. The standard InChI is InChI=1S/C37H36N2O/c1-28-37(25-29-17-19-32(20-18-29)31-13-7-4-8-14-31)39(34-21-23-35(40-2)24-22-34)36-16-10-9-15-33(36)27-38(28)26-30-11-5-3-6-12-30/h3-24,28,37H,25-27H2,1-2H3/t28-,37+/m0/s1. The Morgan fingerprint density at radius 3 is 1.98 bits per heavy atom. The zero-order valence-electron chi connectivity index (χ0n) is 23.3. The van der Waals surface area contributed by atoms with Gasteiger partial charge in [-0.3, -0.25) is 4.90 Å². The Bertz CT molecular complexity index is 1510. The number of ether oxygens (including phenoxy) is 1. The fourth-order valence-electron chi connectivity index (χ4n) is 5.94. The first-order chi connectivity index (χ1) is 19.7. The average Bonchev–Trinajstić information content (AvgIpc) is 3.13. The van der Waals surface area contributed by atoms with Crippen molar-refractivity contribution in [2.24, 2.45) is 0 Å². The van der Waals surface area contributed by atoms with Crippen LogP contribution in [0.15, 0.2) is 133 Å². The third-order valence-corrected chi connectivity index (χ3v) is 8.17. The van der Waals surface area contributed by atoms with Gasteiger partial charge in [-0.2, -0.15) is 0 Å². The second-order valence-electron chi connectivity index (χ2n) is 10.7. The monoisotopic (exact) mass is 524 g/mol. The Morgan fingerprint density at radius 2 is 1.27 bits per heavy atom. The average molecular weight is 525 g/mol. The molecule has 0 saturated heterocycles. The van der Waals surface area contributed by atoms with Gasteiger partial charge in [0.05, 0.1) is 13.2 Å². The van der Waals surface area contributed by atoms with Crippen LogP contribution in [-0.2, 0) is 19.5 Å². The molecule has 0 fully saturated rings. The van der Waals surface area contributed by atoms with Crippen LogP contribution in [0.3, 0.4) is 0 Å². The molecular weight excluding hydrogens is 488 g/mol. The predicted octanol–water partition coefficient (Wildman–Crippen LogP) is 8.52. The summed E-state index contributed by atoms with van der Waals surface area (Å²) in [6.07, 6.45) is 0.932. The van der Waals surface area contributed by atoms with E-state index >= 15 is 0 Å². The first kappa shape index (κ1) is 25.9. The largest absolute Gasteiger partial charge is 0.497 e. The minimum atomic E-state index is 0.225. The van der Waals surface area contributed by atoms with Gasteiger partial charge in [-0.05, 0) is 71.5 Å². The maximum Gasteiger partial charge on any atom is 0.119 e. The quantitative estimate of drug-likeness (QED) is 0.212. The second kappa shape index (κ2) is 11.8. The number of fused-ring (bicyclic) bond motifs is 1. The van der Waals surface area contributed by atoms with Gasteiger partial charge >= 0.3 is 0 Å². The zero-order chi connectivity index (χ0) is 27.3. The number of benzene rings is 5. The molecule has 0 bridgehead atoms. The van der Waals surface area contributed by atoms with Crippen LogP contribution in [0.4, 0.5) is 11.4 Å². The van der Waals surface area contributed by atoms with Gasteiger partial charge in [0.2, 0.25) is 0 Å². The minimum absolute atomic E-state index is 0.225. The molecular formula is C37H36N2O. The van der Waals surface area contributed by atoms with Crippen LogP contribution in [0.1, 0.15) is 23.6 Å². The third-order valence-electron chi connectivity index (χ3n) is 8.17. The van der Waals surface area contributed by atoms with E-state index in [0.29, 0.717) is 6.04 Å². The Labute approximate surface area is 238 Å². The normalized spacial score (nSPS) is 17.2. The fourth-order valence-corrected chi connectivity index (χ4v) is 5.94. The van der Waals surface area contributed by atoms with E-state index in [1.807, 2.05) is 0 Å². The van der Waals surface area contributed by atoms with Crippen molar-refractivity contribution in [1.29, 1.82) is 0 Å². The molecule has 2 atom stereocenters. The molecule has 200 valence electrons. The molecule has 3 nitrogen and oxygen atoms in total. The SMILES string of the molecule is COc1ccc(N2c3ccccc3CN(Cc3ccccc3)[C@@H](C)[C@H]2Cc2ccc(-c3ccccc3)cc2)cc1. The van der Waals surface area contributed by atoms with Gasteiger partial charge in [-0.15, -0.1) is 0 Å². The minimum Gasteiger partial charge on any atom is -0.497 e. The van der Waals surface area contributed by atoms with Crippen molar-refractivity contribution in [3.63, 3.8) is 0 Å². The molecule has 0 saturated carbocycles. The topological polar surface area (TPSA) is 15.7 Å². The molecule has 0 aliphatic carbocycles. The van der Waals surface area contributed by atoms with Crippen molar-refractivity contribution in [2.75, 3.05) is 12.0 Å². The number of nitrogens with zero attached hydrogens (tertiary/aromatic N) is 2. The van der Waals surface area contributed by atoms with Crippen molar-refractivity contribution < 1.29 is 4.74 Å². The lowest BCUT2D eigenvalue weighted by Gasteiger charge is -2.39. The fraction of sp³-hybridized carbons (Fsp3) is 0.189. The van der Waals surface area contributed by atoms with Crippen LogP contribution in [-0.4, -0.2) is 24.1 Å². The van der Waals surface area contributed by atoms with E-state index in [1.54, 1.807) is 7.11 Å². The Balaban J connectivity index is 1.41. The number of anilines is 2. The molecule has 1 aliphatic heterocycles. The number of methoxy groups -OCH3 is 1. The summed E-state index contributed by atoms with van der Waals surface area (Å²) in [5.74, 6) is 0.874. The molecule has 0 amide bonds. The Hall–Kier alpha value is -4.34. The Morgan fingerprint density at radius 1 is 0.650 bits per heavy atom. The highest BCUT2D eigenvalue weighted by Gasteiger charge is 2.35. The molecule has 1 aliphatic rings. The molecule has 0 aromatic heterocycles. The lowest BCUT2D eigenvalue weighted by Crippen LogP contribution is -2.47. The predicted molar refractivity (Wildman–Crippen MR) is 166 cm³/mol. The van der Waals surface area contributed by atoms with Crippen molar-refractivity contribution in [2.45, 2.75) is 38.5 Å². The molecule has 5 aromatic carbocycles. The van der Waals surface area contributed by atoms with Crippen LogP contribution in [0.2, 0.25) is 0 Å². The van der Waals surface area contributed by atoms with Crippen LogP contribution in [0.5, 0.6) is 5.75 Å². The molecule has 0 N–H and O–H groups in total. The van der Waals surface area contributed by atoms with E-state index < -0.39 is 0 Å². The maximum absolute atomic E-state index is 5.50. The summed E-state index contributed by atoms with van der Waals surface area (Å²) in [5.41, 5.74) is 9.00. The lowest BCUT2D eigenvalue weighted by atomic mass is 9.95. The summed E-state index contributed by atoms with van der Waals surface area (Å²) in [7, 11) is 1.72. The van der Waals surface area contributed by atoms with Gasteiger partial charge in [0.15, 0.2) is 0 Å². The van der Waals surface area contributed by atoms with Crippen LogP contribution in [0, 0.1) is 0 Å². The van der Waals surface area contributed by atoms with Gasteiger partial charge in [-0.1, -0.05) is 103 Å². The highest BCUT2D eigenvalue weighted by molar-refractivity contribution is 5.69. The molecule has 5 aromatic rings. The highest BCUT2D eigenvalue weighted by Crippen LogP contribution is 2.39. The van der Waals surface area contributed by atoms with Crippen LogP contribution < -0.4 is 9.64 Å². The first-order valence-electron chi connectivity index (χ1n) is 14.1. The maximum atomic E-state index is 5.50. The summed E-state index contributed by atoms with van der Waals surface area (Å²) in [5, 5.41) is 0. The summed E-state index contributed by atoms with van der Waals surface area (Å²) < 4.78 is 5.50. The van der Waals surface area contributed by atoms with Crippen LogP contribution >= 0.6 is 0 Å². The van der Waals surface area contributed by atoms with Gasteiger partial charge < -0.3 is 9.64 Å². The second-order valence-corrected chi connectivity index (χ2v) is 10.7. The Kier molecular flexibility index (Phi) is 7.65. The molecule has 1 heterocycles. The van der Waals surface area contributed by atoms with E-state index in [9.17, 15) is 0 Å². The summed E-state index contributed by atoms with van der Waals surface area (Å²) >= 11 is 0. The molecule has 0 spiro atoms. The molecule has 3 heteroatoms. The van der Waals surface area contributed by atoms with Crippen molar-refractivity contribution >= 4 is 11.4 Å². The van der Waals surface area contributed by atoms with Crippen molar-refractivity contribution in [1.82, 2.24) is 4.90 Å². The number of para-hydroxylation sites is 1. The molecule has 0 unspecified atom stereocenters. The van der Waals surface area contributed by atoms with E-state index in [1.165, 1.54) is 39.2 Å².